The van der Waals surface area contributed by atoms with Gasteiger partial charge in [0.1, 0.15) is 17.0 Å². The number of hydrogen-bond donors (Lipinski definition) is 1. The Morgan fingerprint density at radius 3 is 2.69 bits per heavy atom. The van der Waals surface area contributed by atoms with E-state index in [0.717, 1.165) is 0 Å². The maximum atomic E-state index is 13.6. The molecule has 1 aliphatic carbocycles. The summed E-state index contributed by atoms with van der Waals surface area (Å²) in [5.41, 5.74) is -1.48. The van der Waals surface area contributed by atoms with Gasteiger partial charge >= 0.3 is 0 Å². The SMILES string of the molecule is CC1(F)CC(N=C=O)(c2cccc(O)c2)C1. The van der Waals surface area contributed by atoms with E-state index in [1.807, 2.05) is 0 Å². The van der Waals surface area contributed by atoms with Gasteiger partial charge in [-0.1, -0.05) is 12.1 Å². The maximum Gasteiger partial charge on any atom is 0.235 e. The molecule has 2 rings (SSSR count). The molecule has 84 valence electrons. The standard InChI is InChI=1S/C12H12FNO2/c1-11(13)6-12(7-11,14-8-15)9-3-2-4-10(16)5-9/h2-5,16H,6-7H2,1H3. The van der Waals surface area contributed by atoms with Crippen LogP contribution in [0.25, 0.3) is 0 Å². The van der Waals surface area contributed by atoms with Gasteiger partial charge in [-0.2, -0.15) is 4.99 Å². The first-order valence-corrected chi connectivity index (χ1v) is 5.05. The first-order valence-electron chi connectivity index (χ1n) is 5.05. The van der Waals surface area contributed by atoms with Crippen molar-refractivity contribution >= 4 is 6.08 Å². The van der Waals surface area contributed by atoms with Crippen LogP contribution >= 0.6 is 0 Å². The Morgan fingerprint density at radius 1 is 1.50 bits per heavy atom. The summed E-state index contributed by atoms with van der Waals surface area (Å²) >= 11 is 0. The van der Waals surface area contributed by atoms with Crippen molar-refractivity contribution in [3.05, 3.63) is 29.8 Å². The summed E-state index contributed by atoms with van der Waals surface area (Å²) in [5, 5.41) is 9.36. The number of isocyanates is 1. The highest BCUT2D eigenvalue weighted by Gasteiger charge is 2.54. The van der Waals surface area contributed by atoms with Crippen molar-refractivity contribution in [2.45, 2.75) is 31.0 Å². The van der Waals surface area contributed by atoms with E-state index in [0.29, 0.717) is 5.56 Å². The van der Waals surface area contributed by atoms with E-state index in [1.54, 1.807) is 12.1 Å². The van der Waals surface area contributed by atoms with Gasteiger partial charge in [-0.15, -0.1) is 0 Å². The molecule has 1 fully saturated rings. The van der Waals surface area contributed by atoms with Gasteiger partial charge in [-0.3, -0.25) is 0 Å². The molecule has 0 bridgehead atoms. The van der Waals surface area contributed by atoms with Crippen LogP contribution in [-0.4, -0.2) is 16.9 Å². The molecule has 0 aromatic heterocycles. The number of carbonyl (C=O) groups excluding carboxylic acids is 1. The van der Waals surface area contributed by atoms with Crippen LogP contribution in [0.5, 0.6) is 5.75 Å². The fourth-order valence-corrected chi connectivity index (χ4v) is 2.40. The second kappa shape index (κ2) is 3.42. The second-order valence-corrected chi connectivity index (χ2v) is 4.55. The highest BCUT2D eigenvalue weighted by atomic mass is 19.1. The summed E-state index contributed by atoms with van der Waals surface area (Å²) in [4.78, 5) is 14.1. The van der Waals surface area contributed by atoms with Gasteiger partial charge in [0.25, 0.3) is 0 Å². The minimum atomic E-state index is -1.30. The third-order valence-electron chi connectivity index (χ3n) is 2.97. The summed E-state index contributed by atoms with van der Waals surface area (Å²) in [5.74, 6) is 0.0884. The third kappa shape index (κ3) is 1.72. The van der Waals surface area contributed by atoms with E-state index < -0.39 is 11.2 Å². The number of phenolic OH excluding ortho intramolecular Hbond substituents is 1. The Balaban J connectivity index is 2.39. The van der Waals surface area contributed by atoms with Gasteiger partial charge in [0.15, 0.2) is 0 Å². The van der Waals surface area contributed by atoms with Gasteiger partial charge in [0.05, 0.1) is 0 Å². The Morgan fingerprint density at radius 2 is 2.19 bits per heavy atom. The molecule has 0 heterocycles. The van der Waals surface area contributed by atoms with Crippen LogP contribution in [-0.2, 0) is 10.3 Å². The van der Waals surface area contributed by atoms with Gasteiger partial charge < -0.3 is 5.11 Å². The first-order chi connectivity index (χ1) is 7.47. The van der Waals surface area contributed by atoms with Gasteiger partial charge in [-0.25, -0.2) is 9.18 Å². The molecule has 4 heteroatoms. The molecule has 3 nitrogen and oxygen atoms in total. The summed E-state index contributed by atoms with van der Waals surface area (Å²) in [6.07, 6.45) is 1.80. The summed E-state index contributed by atoms with van der Waals surface area (Å²) < 4.78 is 13.6. The van der Waals surface area contributed by atoms with E-state index >= 15 is 0 Å². The number of aromatic hydroxyl groups is 1. The van der Waals surface area contributed by atoms with Crippen molar-refractivity contribution in [2.24, 2.45) is 4.99 Å². The minimum absolute atomic E-state index is 0.0884. The van der Waals surface area contributed by atoms with Gasteiger partial charge in [-0.05, 0) is 24.6 Å². The molecule has 1 aromatic rings. The molecule has 16 heavy (non-hydrogen) atoms. The van der Waals surface area contributed by atoms with Crippen LogP contribution < -0.4 is 0 Å². The van der Waals surface area contributed by atoms with Gasteiger partial charge in [0.2, 0.25) is 6.08 Å². The molecule has 0 spiro atoms. The van der Waals surface area contributed by atoms with E-state index in [9.17, 15) is 14.3 Å². The largest absolute Gasteiger partial charge is 0.508 e. The third-order valence-corrected chi connectivity index (χ3v) is 2.97. The normalized spacial score (nSPS) is 32.6. The molecule has 0 atom stereocenters. The number of hydrogen-bond acceptors (Lipinski definition) is 3. The number of halogens is 1. The monoisotopic (exact) mass is 221 g/mol. The van der Waals surface area contributed by atoms with Crippen LogP contribution in [0.15, 0.2) is 29.3 Å². The minimum Gasteiger partial charge on any atom is -0.508 e. The molecule has 1 aromatic carbocycles. The second-order valence-electron chi connectivity index (χ2n) is 4.55. The number of benzene rings is 1. The number of aliphatic imine (C=N–C) groups is 1. The zero-order chi connectivity index (χ0) is 11.8. The van der Waals surface area contributed by atoms with Crippen molar-refractivity contribution in [1.82, 2.24) is 0 Å². The number of rotatable bonds is 2. The Kier molecular flexibility index (Phi) is 2.32. The van der Waals surface area contributed by atoms with Crippen LogP contribution in [0.4, 0.5) is 4.39 Å². The van der Waals surface area contributed by atoms with Crippen LogP contribution in [0.2, 0.25) is 0 Å². The maximum absolute atomic E-state index is 13.6. The average Bonchev–Trinajstić information content (AvgIpc) is 2.15. The highest BCUT2D eigenvalue weighted by molar-refractivity contribution is 5.42. The highest BCUT2D eigenvalue weighted by Crippen LogP contribution is 2.53. The topological polar surface area (TPSA) is 49.7 Å². The Labute approximate surface area is 92.6 Å². The predicted molar refractivity (Wildman–Crippen MR) is 56.7 cm³/mol. The van der Waals surface area contributed by atoms with Crippen LogP contribution in [0, 0.1) is 0 Å². The quantitative estimate of drug-likeness (QED) is 0.616. The fraction of sp³-hybridized carbons (Fsp3) is 0.417. The van der Waals surface area contributed by atoms with Crippen molar-refractivity contribution in [1.29, 1.82) is 0 Å². The van der Waals surface area contributed by atoms with E-state index in [1.165, 1.54) is 25.1 Å². The number of alkyl halides is 1. The molecule has 0 unspecified atom stereocenters. The molecular formula is C12H12FNO2. The van der Waals surface area contributed by atoms with Crippen molar-refractivity contribution in [2.75, 3.05) is 0 Å². The van der Waals surface area contributed by atoms with E-state index in [2.05, 4.69) is 4.99 Å². The summed E-state index contributed by atoms with van der Waals surface area (Å²) in [6, 6.07) is 6.42. The van der Waals surface area contributed by atoms with Crippen molar-refractivity contribution in [3.8, 4) is 5.75 Å². The zero-order valence-electron chi connectivity index (χ0n) is 8.90. The molecule has 0 aliphatic heterocycles. The van der Waals surface area contributed by atoms with Crippen LogP contribution in [0.3, 0.4) is 0 Å². The van der Waals surface area contributed by atoms with Crippen molar-refractivity contribution < 1.29 is 14.3 Å². The zero-order valence-corrected chi connectivity index (χ0v) is 8.90. The Hall–Kier alpha value is -1.67. The van der Waals surface area contributed by atoms with Gasteiger partial charge in [0, 0.05) is 12.8 Å². The molecule has 1 aliphatic rings. The lowest BCUT2D eigenvalue weighted by molar-refractivity contribution is 0.00275. The molecule has 0 radical (unpaired) electrons. The molecular weight excluding hydrogens is 209 g/mol. The lowest BCUT2D eigenvalue weighted by Crippen LogP contribution is -2.48. The summed E-state index contributed by atoms with van der Waals surface area (Å²) in [6.45, 7) is 1.48. The molecule has 1 N–H and O–H groups in total. The lowest BCUT2D eigenvalue weighted by Gasteiger charge is -2.46. The lowest BCUT2D eigenvalue weighted by atomic mass is 9.64. The predicted octanol–water partition coefficient (Wildman–Crippen LogP) is 2.45. The number of nitrogens with zero attached hydrogens (tertiary/aromatic N) is 1. The fourth-order valence-electron chi connectivity index (χ4n) is 2.40. The van der Waals surface area contributed by atoms with Crippen LogP contribution in [0.1, 0.15) is 25.3 Å². The smallest absolute Gasteiger partial charge is 0.235 e. The first kappa shape index (κ1) is 10.8. The molecule has 0 amide bonds. The number of phenols is 1. The summed E-state index contributed by atoms with van der Waals surface area (Å²) in [7, 11) is 0. The molecule has 0 saturated heterocycles. The van der Waals surface area contributed by atoms with Crippen molar-refractivity contribution in [3.63, 3.8) is 0 Å². The Bertz CT molecular complexity index is 456. The van der Waals surface area contributed by atoms with E-state index in [-0.39, 0.29) is 18.6 Å². The molecule has 1 saturated carbocycles. The average molecular weight is 221 g/mol. The van der Waals surface area contributed by atoms with E-state index in [4.69, 9.17) is 0 Å².